The van der Waals surface area contributed by atoms with Crippen LogP contribution in [0.4, 0.5) is 11.6 Å². The van der Waals surface area contributed by atoms with E-state index in [9.17, 15) is 18.0 Å². The number of fused-ring (bicyclic) bond motifs is 1. The molecule has 3 rings (SSSR count). The first-order chi connectivity index (χ1) is 12.3. The van der Waals surface area contributed by atoms with Crippen molar-refractivity contribution in [3.63, 3.8) is 0 Å². The minimum absolute atomic E-state index is 0.0486. The zero-order valence-electron chi connectivity index (χ0n) is 13.8. The largest absolute Gasteiger partial charge is 0.480 e. The van der Waals surface area contributed by atoms with Crippen LogP contribution in [-0.4, -0.2) is 38.4 Å². The van der Waals surface area contributed by atoms with Crippen LogP contribution in [0.1, 0.15) is 5.56 Å². The summed E-state index contributed by atoms with van der Waals surface area (Å²) in [5.41, 5.74) is 6.49. The van der Waals surface area contributed by atoms with Gasteiger partial charge in [-0.25, -0.2) is 18.1 Å². The molecule has 2 aromatic rings. The van der Waals surface area contributed by atoms with E-state index in [0.29, 0.717) is 0 Å². The number of hydrogen-bond acceptors (Lipinski definition) is 7. The summed E-state index contributed by atoms with van der Waals surface area (Å²) in [5, 5.41) is 0. The number of aryl methyl sites for hydroxylation is 1. The highest BCUT2D eigenvalue weighted by atomic mass is 32.2. The Kier molecular flexibility index (Phi) is 4.51. The van der Waals surface area contributed by atoms with Gasteiger partial charge in [0.05, 0.1) is 4.90 Å². The molecule has 0 radical (unpaired) electrons. The molecule has 26 heavy (non-hydrogen) atoms. The number of aromatic nitrogens is 1. The van der Waals surface area contributed by atoms with Gasteiger partial charge in [-0.2, -0.15) is 0 Å². The molecule has 0 unspecified atom stereocenters. The van der Waals surface area contributed by atoms with Crippen LogP contribution in [0.5, 0.6) is 5.75 Å². The van der Waals surface area contributed by atoms with E-state index in [1.165, 1.54) is 24.3 Å². The quantitative estimate of drug-likeness (QED) is 0.779. The van der Waals surface area contributed by atoms with Crippen LogP contribution in [0.2, 0.25) is 0 Å². The van der Waals surface area contributed by atoms with Crippen molar-refractivity contribution >= 4 is 33.5 Å². The molecule has 0 saturated carbocycles. The Bertz CT molecular complexity index is 973. The van der Waals surface area contributed by atoms with Gasteiger partial charge in [0.25, 0.3) is 21.8 Å². The molecule has 136 valence electrons. The molecule has 10 heteroatoms. The van der Waals surface area contributed by atoms with Gasteiger partial charge < -0.3 is 10.5 Å². The number of carbonyl (C=O) groups is 2. The molecule has 0 fully saturated rings. The second kappa shape index (κ2) is 6.64. The van der Waals surface area contributed by atoms with Gasteiger partial charge in [-0.15, -0.1) is 0 Å². The highest BCUT2D eigenvalue weighted by molar-refractivity contribution is 7.90. The molecular formula is C16H16N4O5S. The van der Waals surface area contributed by atoms with E-state index >= 15 is 0 Å². The van der Waals surface area contributed by atoms with Gasteiger partial charge >= 0.3 is 0 Å². The summed E-state index contributed by atoms with van der Waals surface area (Å²) >= 11 is 0. The third-order valence-electron chi connectivity index (χ3n) is 3.65. The Labute approximate surface area is 149 Å². The van der Waals surface area contributed by atoms with E-state index < -0.39 is 28.4 Å². The van der Waals surface area contributed by atoms with Crippen LogP contribution < -0.4 is 20.1 Å². The molecule has 9 nitrogen and oxygen atoms in total. The number of nitrogens with two attached hydrogens (primary N) is 1. The normalized spacial score (nSPS) is 13.7. The van der Waals surface area contributed by atoms with Crippen molar-refractivity contribution in [3.8, 4) is 5.75 Å². The van der Waals surface area contributed by atoms with Gasteiger partial charge in [0.15, 0.2) is 18.2 Å². The van der Waals surface area contributed by atoms with Gasteiger partial charge in [0.2, 0.25) is 0 Å². The summed E-state index contributed by atoms with van der Waals surface area (Å²) in [6.45, 7) is 1.00. The van der Waals surface area contributed by atoms with Crippen LogP contribution in [-0.2, 0) is 19.6 Å². The van der Waals surface area contributed by atoms with Crippen LogP contribution >= 0.6 is 0 Å². The maximum atomic E-state index is 12.3. The molecule has 0 saturated heterocycles. The number of nitrogen functional groups attached to an aromatic ring is 1. The lowest BCUT2D eigenvalue weighted by molar-refractivity contribution is -0.124. The Morgan fingerprint density at radius 3 is 2.65 bits per heavy atom. The van der Waals surface area contributed by atoms with E-state index in [2.05, 4.69) is 4.98 Å². The highest BCUT2D eigenvalue weighted by Crippen LogP contribution is 2.30. The van der Waals surface area contributed by atoms with Crippen LogP contribution in [0.25, 0.3) is 0 Å². The highest BCUT2D eigenvalue weighted by Gasteiger charge is 2.30. The van der Waals surface area contributed by atoms with Gasteiger partial charge in [0.1, 0.15) is 12.4 Å². The molecule has 0 spiro atoms. The number of anilines is 2. The molecule has 1 aliphatic heterocycles. The Morgan fingerprint density at radius 2 is 1.96 bits per heavy atom. The van der Waals surface area contributed by atoms with E-state index in [1.807, 2.05) is 11.6 Å². The fourth-order valence-electron chi connectivity index (χ4n) is 2.36. The molecule has 1 aromatic carbocycles. The smallest absolute Gasteiger partial charge is 0.266 e. The number of carbonyl (C=O) groups excluding carboxylic acids is 2. The number of pyridine rings is 1. The SMILES string of the molecule is Cc1ccc(S(=O)(=O)NC(=O)CN2C(=O)COc3ccc(N)nc32)cc1. The molecule has 0 bridgehead atoms. The molecule has 2 heterocycles. The Morgan fingerprint density at radius 1 is 1.27 bits per heavy atom. The summed E-state index contributed by atoms with van der Waals surface area (Å²) in [5.74, 6) is -0.911. The molecule has 1 aromatic heterocycles. The number of benzene rings is 1. The van der Waals surface area contributed by atoms with E-state index in [4.69, 9.17) is 10.5 Å². The number of nitrogens with zero attached hydrogens (tertiary/aromatic N) is 2. The van der Waals surface area contributed by atoms with Gasteiger partial charge in [-0.1, -0.05) is 17.7 Å². The molecular weight excluding hydrogens is 360 g/mol. The molecule has 0 aliphatic carbocycles. The van der Waals surface area contributed by atoms with Gasteiger partial charge in [-0.3, -0.25) is 14.5 Å². The molecule has 3 N–H and O–H groups in total. The lowest BCUT2D eigenvalue weighted by atomic mass is 10.2. The Balaban J connectivity index is 1.79. The van der Waals surface area contributed by atoms with Crippen molar-refractivity contribution in [2.45, 2.75) is 11.8 Å². The van der Waals surface area contributed by atoms with E-state index in [0.717, 1.165) is 10.5 Å². The van der Waals surface area contributed by atoms with Crippen molar-refractivity contribution in [1.29, 1.82) is 0 Å². The second-order valence-electron chi connectivity index (χ2n) is 5.67. The Hall–Kier alpha value is -3.14. The van der Waals surface area contributed by atoms with Crippen LogP contribution in [0.3, 0.4) is 0 Å². The molecule has 1 aliphatic rings. The minimum atomic E-state index is -4.04. The third kappa shape index (κ3) is 3.59. The lowest BCUT2D eigenvalue weighted by Gasteiger charge is -2.27. The fraction of sp³-hybridized carbons (Fsp3) is 0.188. The van der Waals surface area contributed by atoms with Crippen LogP contribution in [0.15, 0.2) is 41.3 Å². The summed E-state index contributed by atoms with van der Waals surface area (Å²) < 4.78 is 31.7. The van der Waals surface area contributed by atoms with Crippen LogP contribution in [0, 0.1) is 6.92 Å². The average Bonchev–Trinajstić information content (AvgIpc) is 2.57. The third-order valence-corrected chi connectivity index (χ3v) is 5.04. The summed E-state index contributed by atoms with van der Waals surface area (Å²) in [7, 11) is -4.04. The van der Waals surface area contributed by atoms with Crippen molar-refractivity contribution in [2.75, 3.05) is 23.8 Å². The number of sulfonamides is 1. The zero-order chi connectivity index (χ0) is 18.9. The summed E-state index contributed by atoms with van der Waals surface area (Å²) in [6, 6.07) is 9.04. The lowest BCUT2D eigenvalue weighted by Crippen LogP contribution is -2.46. The summed E-state index contributed by atoms with van der Waals surface area (Å²) in [4.78, 5) is 29.3. The van der Waals surface area contributed by atoms with E-state index in [-0.39, 0.29) is 28.9 Å². The summed E-state index contributed by atoms with van der Waals surface area (Å²) in [6.07, 6.45) is 0. The number of rotatable bonds is 4. The predicted molar refractivity (Wildman–Crippen MR) is 93.0 cm³/mol. The number of hydrogen-bond donors (Lipinski definition) is 2. The first-order valence-corrected chi connectivity index (χ1v) is 9.06. The van der Waals surface area contributed by atoms with Crippen molar-refractivity contribution < 1.29 is 22.7 Å². The maximum absolute atomic E-state index is 12.3. The minimum Gasteiger partial charge on any atom is -0.480 e. The molecule has 0 atom stereocenters. The monoisotopic (exact) mass is 376 g/mol. The standard InChI is InChI=1S/C16H16N4O5S/c1-10-2-4-11(5-3-10)26(23,24)19-14(21)8-20-15(22)9-25-12-6-7-13(17)18-16(12)20/h2-7H,8-9H2,1H3,(H2,17,18)(H,19,21). The maximum Gasteiger partial charge on any atom is 0.266 e. The number of amides is 2. The van der Waals surface area contributed by atoms with Crippen molar-refractivity contribution in [3.05, 3.63) is 42.0 Å². The second-order valence-corrected chi connectivity index (χ2v) is 7.35. The zero-order valence-corrected chi connectivity index (χ0v) is 14.6. The first kappa shape index (κ1) is 17.7. The fourth-order valence-corrected chi connectivity index (χ4v) is 3.33. The van der Waals surface area contributed by atoms with Crippen molar-refractivity contribution in [1.82, 2.24) is 9.71 Å². The van der Waals surface area contributed by atoms with Gasteiger partial charge in [-0.05, 0) is 31.2 Å². The van der Waals surface area contributed by atoms with Crippen molar-refractivity contribution in [2.24, 2.45) is 0 Å². The van der Waals surface area contributed by atoms with E-state index in [1.54, 1.807) is 12.1 Å². The number of ether oxygens (including phenoxy) is 1. The topological polar surface area (TPSA) is 132 Å². The number of nitrogens with one attached hydrogen (secondary N) is 1. The average molecular weight is 376 g/mol. The predicted octanol–water partition coefficient (Wildman–Crippen LogP) is 0.203. The first-order valence-electron chi connectivity index (χ1n) is 7.58. The molecule has 2 amide bonds. The van der Waals surface area contributed by atoms with Gasteiger partial charge in [0, 0.05) is 0 Å².